The van der Waals surface area contributed by atoms with E-state index in [9.17, 15) is 4.79 Å². The maximum Gasteiger partial charge on any atom is 0.277 e. The number of rotatable bonds is 4. The Morgan fingerprint density at radius 1 is 1.64 bits per heavy atom. The summed E-state index contributed by atoms with van der Waals surface area (Å²) in [4.78, 5) is 10.9. The van der Waals surface area contributed by atoms with Crippen LogP contribution < -0.4 is 5.32 Å². The Balaban J connectivity index is 1.86. The molecule has 6 heteroatoms. The Morgan fingerprint density at radius 3 is 3.07 bits per heavy atom. The third-order valence-electron chi connectivity index (χ3n) is 1.95. The Kier molecular flexibility index (Phi) is 2.72. The normalized spacial score (nSPS) is 15.5. The summed E-state index contributed by atoms with van der Waals surface area (Å²) in [5, 5.41) is 10.8. The van der Waals surface area contributed by atoms with Crippen LogP contribution in [-0.4, -0.2) is 28.9 Å². The van der Waals surface area contributed by atoms with Gasteiger partial charge in [-0.1, -0.05) is 11.8 Å². The summed E-state index contributed by atoms with van der Waals surface area (Å²) in [7, 11) is 1.60. The van der Waals surface area contributed by atoms with Crippen LogP contribution in [0.1, 0.15) is 24.7 Å². The summed E-state index contributed by atoms with van der Waals surface area (Å²) < 4.78 is 5.36. The molecule has 0 aliphatic heterocycles. The van der Waals surface area contributed by atoms with Crippen molar-refractivity contribution < 1.29 is 9.21 Å². The molecule has 0 radical (unpaired) electrons. The van der Waals surface area contributed by atoms with E-state index in [0.717, 1.165) is 12.8 Å². The number of carbonyl (C=O) groups is 1. The lowest BCUT2D eigenvalue weighted by atomic mass is 10.4. The predicted octanol–water partition coefficient (Wildman–Crippen LogP) is 0.785. The van der Waals surface area contributed by atoms with Crippen LogP contribution in [-0.2, 0) is 4.79 Å². The van der Waals surface area contributed by atoms with Crippen LogP contribution in [0.4, 0.5) is 0 Å². The lowest BCUT2D eigenvalue weighted by molar-refractivity contribution is -0.118. The first-order valence-corrected chi connectivity index (χ1v) is 5.45. The second kappa shape index (κ2) is 4.00. The van der Waals surface area contributed by atoms with Crippen molar-refractivity contribution in [1.82, 2.24) is 15.5 Å². The highest BCUT2D eigenvalue weighted by molar-refractivity contribution is 7.99. The van der Waals surface area contributed by atoms with Gasteiger partial charge >= 0.3 is 0 Å². The van der Waals surface area contributed by atoms with Gasteiger partial charge in [-0.25, -0.2) is 0 Å². The molecule has 1 heterocycles. The molecule has 0 spiro atoms. The zero-order chi connectivity index (χ0) is 9.97. The molecule has 1 fully saturated rings. The topological polar surface area (TPSA) is 68.0 Å². The van der Waals surface area contributed by atoms with E-state index >= 15 is 0 Å². The summed E-state index contributed by atoms with van der Waals surface area (Å²) in [6.45, 7) is 0. The monoisotopic (exact) mass is 213 g/mol. The van der Waals surface area contributed by atoms with E-state index in [0.29, 0.717) is 22.8 Å². The first-order valence-electron chi connectivity index (χ1n) is 4.46. The molecule has 0 unspecified atom stereocenters. The van der Waals surface area contributed by atoms with E-state index in [1.165, 1.54) is 11.8 Å². The molecule has 0 aromatic carbocycles. The Labute approximate surface area is 85.7 Å². The Hall–Kier alpha value is -1.04. The molecule has 1 N–H and O–H groups in total. The zero-order valence-electron chi connectivity index (χ0n) is 7.82. The van der Waals surface area contributed by atoms with E-state index in [-0.39, 0.29) is 5.91 Å². The summed E-state index contributed by atoms with van der Waals surface area (Å²) in [5.74, 6) is 1.46. The number of aromatic nitrogens is 2. The molecule has 5 nitrogen and oxygen atoms in total. The lowest BCUT2D eigenvalue weighted by Crippen LogP contribution is -2.19. The molecule has 0 bridgehead atoms. The van der Waals surface area contributed by atoms with Crippen LogP contribution in [0.2, 0.25) is 0 Å². The van der Waals surface area contributed by atoms with Crippen LogP contribution in [0.5, 0.6) is 0 Å². The predicted molar refractivity (Wildman–Crippen MR) is 51.1 cm³/mol. The Bertz CT molecular complexity index is 335. The van der Waals surface area contributed by atoms with E-state index in [1.54, 1.807) is 7.05 Å². The van der Waals surface area contributed by atoms with Gasteiger partial charge in [-0.05, 0) is 12.8 Å². The number of nitrogens with one attached hydrogen (secondary N) is 1. The molecule has 0 saturated heterocycles. The van der Waals surface area contributed by atoms with Gasteiger partial charge in [0.15, 0.2) is 0 Å². The average molecular weight is 213 g/mol. The van der Waals surface area contributed by atoms with Gasteiger partial charge < -0.3 is 9.73 Å². The van der Waals surface area contributed by atoms with Gasteiger partial charge in [0.05, 0.1) is 5.75 Å². The van der Waals surface area contributed by atoms with Crippen LogP contribution in [0.25, 0.3) is 0 Å². The van der Waals surface area contributed by atoms with Crippen molar-refractivity contribution in [2.75, 3.05) is 12.8 Å². The quantitative estimate of drug-likeness (QED) is 0.749. The smallest absolute Gasteiger partial charge is 0.277 e. The van der Waals surface area contributed by atoms with Crippen molar-refractivity contribution >= 4 is 17.7 Å². The standard InChI is InChI=1S/C8H11N3O2S/c1-9-6(12)4-14-8-11-10-7(13-8)5-2-3-5/h5H,2-4H2,1H3,(H,9,12). The highest BCUT2D eigenvalue weighted by atomic mass is 32.2. The average Bonchev–Trinajstić information content (AvgIpc) is 2.95. The summed E-state index contributed by atoms with van der Waals surface area (Å²) in [6, 6.07) is 0. The van der Waals surface area contributed by atoms with Crippen molar-refractivity contribution in [2.45, 2.75) is 24.0 Å². The molecule has 1 aliphatic rings. The van der Waals surface area contributed by atoms with Crippen molar-refractivity contribution in [3.05, 3.63) is 5.89 Å². The van der Waals surface area contributed by atoms with Crippen molar-refractivity contribution in [1.29, 1.82) is 0 Å². The summed E-state index contributed by atoms with van der Waals surface area (Å²) >= 11 is 1.27. The minimum atomic E-state index is -0.0406. The number of amides is 1. The largest absolute Gasteiger partial charge is 0.416 e. The Morgan fingerprint density at radius 2 is 2.43 bits per heavy atom. The molecule has 1 amide bonds. The third-order valence-corrected chi connectivity index (χ3v) is 2.77. The fraction of sp³-hybridized carbons (Fsp3) is 0.625. The summed E-state index contributed by atoms with van der Waals surface area (Å²) in [5.41, 5.74) is 0. The maximum atomic E-state index is 10.9. The van der Waals surface area contributed by atoms with Crippen LogP contribution in [0.15, 0.2) is 9.64 Å². The maximum absolute atomic E-state index is 10.9. The number of nitrogens with zero attached hydrogens (tertiary/aromatic N) is 2. The second-order valence-corrected chi connectivity index (χ2v) is 4.07. The van der Waals surface area contributed by atoms with Crippen LogP contribution >= 0.6 is 11.8 Å². The summed E-state index contributed by atoms with van der Waals surface area (Å²) in [6.07, 6.45) is 2.28. The molecule has 14 heavy (non-hydrogen) atoms. The molecule has 1 saturated carbocycles. The SMILES string of the molecule is CNC(=O)CSc1nnc(C2CC2)o1. The lowest BCUT2D eigenvalue weighted by Gasteiger charge is -1.94. The first-order chi connectivity index (χ1) is 6.79. The van der Waals surface area contributed by atoms with Crippen molar-refractivity contribution in [2.24, 2.45) is 0 Å². The fourth-order valence-corrected chi connectivity index (χ4v) is 1.62. The third kappa shape index (κ3) is 2.25. The minimum Gasteiger partial charge on any atom is -0.416 e. The van der Waals surface area contributed by atoms with Crippen LogP contribution in [0.3, 0.4) is 0 Å². The first kappa shape index (κ1) is 9.51. The van der Waals surface area contributed by atoms with Crippen LogP contribution in [0, 0.1) is 0 Å². The molecule has 1 aromatic rings. The molecule has 0 atom stereocenters. The van der Waals surface area contributed by atoms with Gasteiger partial charge in [0.1, 0.15) is 0 Å². The van der Waals surface area contributed by atoms with E-state index < -0.39 is 0 Å². The fourth-order valence-electron chi connectivity index (χ4n) is 0.973. The molecule has 76 valence electrons. The van der Waals surface area contributed by atoms with Gasteiger partial charge in [0, 0.05) is 13.0 Å². The van der Waals surface area contributed by atoms with Gasteiger partial charge in [-0.2, -0.15) is 0 Å². The highest BCUT2D eigenvalue weighted by Gasteiger charge is 2.29. The minimum absolute atomic E-state index is 0.0406. The number of carbonyl (C=O) groups excluding carboxylic acids is 1. The molecule has 1 aliphatic carbocycles. The number of thioether (sulfide) groups is 1. The molecular weight excluding hydrogens is 202 g/mol. The van der Waals surface area contributed by atoms with E-state index in [2.05, 4.69) is 15.5 Å². The highest BCUT2D eigenvalue weighted by Crippen LogP contribution is 2.39. The van der Waals surface area contributed by atoms with Gasteiger partial charge in [-0.3, -0.25) is 4.79 Å². The van der Waals surface area contributed by atoms with Gasteiger partial charge in [0.25, 0.3) is 5.22 Å². The van der Waals surface area contributed by atoms with Gasteiger partial charge in [-0.15, -0.1) is 10.2 Å². The van der Waals surface area contributed by atoms with E-state index in [4.69, 9.17) is 4.42 Å². The van der Waals surface area contributed by atoms with Gasteiger partial charge in [0.2, 0.25) is 11.8 Å². The second-order valence-electron chi connectivity index (χ2n) is 3.14. The zero-order valence-corrected chi connectivity index (χ0v) is 8.63. The van der Waals surface area contributed by atoms with Crippen molar-refractivity contribution in [3.63, 3.8) is 0 Å². The van der Waals surface area contributed by atoms with Crippen molar-refractivity contribution in [3.8, 4) is 0 Å². The van der Waals surface area contributed by atoms with E-state index in [1.807, 2.05) is 0 Å². The molecule has 2 rings (SSSR count). The molecule has 1 aromatic heterocycles. The molecular formula is C8H11N3O2S. The number of hydrogen-bond acceptors (Lipinski definition) is 5. The number of hydrogen-bond donors (Lipinski definition) is 1.